The number of carbonyl (C=O) groups excluding carboxylic acids is 1. The summed E-state index contributed by atoms with van der Waals surface area (Å²) in [6.07, 6.45) is 0.0338. The summed E-state index contributed by atoms with van der Waals surface area (Å²) in [5.41, 5.74) is 0. The first-order valence-corrected chi connectivity index (χ1v) is 6.97. The Morgan fingerprint density at radius 3 is 2.44 bits per heavy atom. The van der Waals surface area contributed by atoms with E-state index in [2.05, 4.69) is 10.0 Å². The quantitative estimate of drug-likeness (QED) is 0.621. The van der Waals surface area contributed by atoms with E-state index in [0.29, 0.717) is 0 Å². The molecule has 0 aliphatic rings. The van der Waals surface area contributed by atoms with Gasteiger partial charge in [-0.1, -0.05) is 18.2 Å². The third-order valence-electron chi connectivity index (χ3n) is 2.13. The molecule has 0 aliphatic heterocycles. The van der Waals surface area contributed by atoms with Crippen LogP contribution in [0.2, 0.25) is 0 Å². The van der Waals surface area contributed by atoms with E-state index >= 15 is 0 Å². The van der Waals surface area contributed by atoms with Crippen LogP contribution in [0.25, 0.3) is 0 Å². The first-order valence-electron chi connectivity index (χ1n) is 5.48. The zero-order valence-electron chi connectivity index (χ0n) is 9.80. The highest BCUT2D eigenvalue weighted by Crippen LogP contribution is 2.06. The number of aliphatic hydroxyl groups is 1. The Balaban J connectivity index is 2.42. The van der Waals surface area contributed by atoms with E-state index in [9.17, 15) is 13.2 Å². The molecule has 0 saturated carbocycles. The van der Waals surface area contributed by atoms with Gasteiger partial charge >= 0.3 is 0 Å². The fraction of sp³-hybridized carbons (Fsp3) is 0.364. The van der Waals surface area contributed by atoms with E-state index in [1.54, 1.807) is 18.2 Å². The lowest BCUT2D eigenvalue weighted by molar-refractivity contribution is -0.121. The molecule has 0 radical (unpaired) electrons. The number of benzene rings is 1. The van der Waals surface area contributed by atoms with Crippen LogP contribution < -0.4 is 10.0 Å². The van der Waals surface area contributed by atoms with E-state index in [-0.39, 0.29) is 36.9 Å². The average Bonchev–Trinajstić information content (AvgIpc) is 2.37. The largest absolute Gasteiger partial charge is 0.395 e. The zero-order valence-corrected chi connectivity index (χ0v) is 10.6. The third-order valence-corrected chi connectivity index (χ3v) is 3.61. The van der Waals surface area contributed by atoms with Gasteiger partial charge in [0.1, 0.15) is 0 Å². The van der Waals surface area contributed by atoms with Crippen molar-refractivity contribution < 1.29 is 18.3 Å². The Kier molecular flexibility index (Phi) is 5.76. The van der Waals surface area contributed by atoms with Crippen LogP contribution in [-0.4, -0.2) is 39.1 Å². The predicted octanol–water partition coefficient (Wildman–Crippen LogP) is -0.537. The molecule has 1 aromatic rings. The molecule has 1 aromatic carbocycles. The van der Waals surface area contributed by atoms with E-state index in [4.69, 9.17) is 5.11 Å². The Morgan fingerprint density at radius 1 is 1.17 bits per heavy atom. The first-order chi connectivity index (χ1) is 8.56. The minimum Gasteiger partial charge on any atom is -0.395 e. The molecule has 1 amide bonds. The van der Waals surface area contributed by atoms with Crippen LogP contribution in [0.1, 0.15) is 6.42 Å². The standard InChI is InChI=1S/C11H16N2O4S/c14-9-8-12-11(15)6-7-13-18(16,17)10-4-2-1-3-5-10/h1-5,13-14H,6-9H2,(H,12,15). The summed E-state index contributed by atoms with van der Waals surface area (Å²) in [5, 5.41) is 10.9. The van der Waals surface area contributed by atoms with Gasteiger partial charge in [-0.3, -0.25) is 4.79 Å². The number of hydrogen-bond acceptors (Lipinski definition) is 4. The highest BCUT2D eigenvalue weighted by atomic mass is 32.2. The Hall–Kier alpha value is -1.44. The molecule has 100 valence electrons. The lowest BCUT2D eigenvalue weighted by Crippen LogP contribution is -2.32. The van der Waals surface area contributed by atoms with Crippen molar-refractivity contribution in [2.24, 2.45) is 0 Å². The minimum atomic E-state index is -3.56. The topological polar surface area (TPSA) is 95.5 Å². The molecule has 0 aromatic heterocycles. The summed E-state index contributed by atoms with van der Waals surface area (Å²) in [5.74, 6) is -0.306. The fourth-order valence-electron chi connectivity index (χ4n) is 1.27. The van der Waals surface area contributed by atoms with Gasteiger partial charge in [-0.05, 0) is 12.1 Å². The summed E-state index contributed by atoms with van der Waals surface area (Å²) in [6, 6.07) is 7.94. The molecule has 0 atom stereocenters. The van der Waals surface area contributed by atoms with Gasteiger partial charge in [-0.25, -0.2) is 13.1 Å². The van der Waals surface area contributed by atoms with Crippen molar-refractivity contribution in [3.05, 3.63) is 30.3 Å². The second-order valence-electron chi connectivity index (χ2n) is 3.53. The number of sulfonamides is 1. The maximum atomic E-state index is 11.7. The molecule has 0 aliphatic carbocycles. The van der Waals surface area contributed by atoms with Crippen LogP contribution in [0.4, 0.5) is 0 Å². The number of rotatable bonds is 7. The number of carbonyl (C=O) groups is 1. The molecule has 0 spiro atoms. The third kappa shape index (κ3) is 4.82. The van der Waals surface area contributed by atoms with Gasteiger partial charge in [0.25, 0.3) is 0 Å². The van der Waals surface area contributed by atoms with Crippen molar-refractivity contribution in [3.8, 4) is 0 Å². The molecule has 3 N–H and O–H groups in total. The Morgan fingerprint density at radius 2 is 1.83 bits per heavy atom. The number of amides is 1. The first kappa shape index (κ1) is 14.6. The smallest absolute Gasteiger partial charge is 0.240 e. The summed E-state index contributed by atoms with van der Waals surface area (Å²) in [6.45, 7) is 0.0558. The highest BCUT2D eigenvalue weighted by molar-refractivity contribution is 7.89. The van der Waals surface area contributed by atoms with Crippen LogP contribution in [0.3, 0.4) is 0 Å². The van der Waals surface area contributed by atoms with Gasteiger partial charge in [-0.15, -0.1) is 0 Å². The molecule has 6 nitrogen and oxygen atoms in total. The van der Waals surface area contributed by atoms with Crippen LogP contribution in [0, 0.1) is 0 Å². The van der Waals surface area contributed by atoms with Gasteiger partial charge in [0.2, 0.25) is 15.9 Å². The van der Waals surface area contributed by atoms with E-state index < -0.39 is 10.0 Å². The Labute approximate surface area is 106 Å². The summed E-state index contributed by atoms with van der Waals surface area (Å²) >= 11 is 0. The fourth-order valence-corrected chi connectivity index (χ4v) is 2.32. The zero-order chi connectivity index (χ0) is 13.4. The number of hydrogen-bond donors (Lipinski definition) is 3. The summed E-state index contributed by atoms with van der Waals surface area (Å²) in [7, 11) is -3.56. The van der Waals surface area contributed by atoms with Gasteiger partial charge < -0.3 is 10.4 Å². The molecule has 0 fully saturated rings. The van der Waals surface area contributed by atoms with Crippen LogP contribution in [0.15, 0.2) is 35.2 Å². The number of aliphatic hydroxyl groups excluding tert-OH is 1. The molecular formula is C11H16N2O4S. The maximum Gasteiger partial charge on any atom is 0.240 e. The van der Waals surface area contributed by atoms with Crippen molar-refractivity contribution in [1.82, 2.24) is 10.0 Å². The summed E-state index contributed by atoms with van der Waals surface area (Å²) < 4.78 is 25.8. The van der Waals surface area contributed by atoms with E-state index in [1.807, 2.05) is 0 Å². The lowest BCUT2D eigenvalue weighted by Gasteiger charge is -2.06. The van der Waals surface area contributed by atoms with Crippen LogP contribution in [-0.2, 0) is 14.8 Å². The molecule has 1 rings (SSSR count). The second-order valence-corrected chi connectivity index (χ2v) is 5.30. The van der Waals surface area contributed by atoms with E-state index in [1.165, 1.54) is 12.1 Å². The summed E-state index contributed by atoms with van der Waals surface area (Å²) in [4.78, 5) is 11.3. The van der Waals surface area contributed by atoms with Crippen LogP contribution >= 0.6 is 0 Å². The van der Waals surface area contributed by atoms with Gasteiger partial charge in [0.15, 0.2) is 0 Å². The average molecular weight is 272 g/mol. The van der Waals surface area contributed by atoms with Crippen molar-refractivity contribution in [1.29, 1.82) is 0 Å². The maximum absolute atomic E-state index is 11.7. The molecule has 0 saturated heterocycles. The minimum absolute atomic E-state index is 0.0223. The predicted molar refractivity (Wildman–Crippen MR) is 66.3 cm³/mol. The van der Waals surface area contributed by atoms with Gasteiger partial charge in [0.05, 0.1) is 11.5 Å². The molecule has 7 heteroatoms. The molecule has 0 bridgehead atoms. The SMILES string of the molecule is O=C(CCNS(=O)(=O)c1ccccc1)NCCO. The Bertz CT molecular complexity index is 473. The highest BCUT2D eigenvalue weighted by Gasteiger charge is 2.12. The molecule has 0 heterocycles. The van der Waals surface area contributed by atoms with Crippen molar-refractivity contribution in [2.75, 3.05) is 19.7 Å². The lowest BCUT2D eigenvalue weighted by atomic mass is 10.4. The molecular weight excluding hydrogens is 256 g/mol. The van der Waals surface area contributed by atoms with E-state index in [0.717, 1.165) is 0 Å². The second kappa shape index (κ2) is 7.10. The number of nitrogens with one attached hydrogen (secondary N) is 2. The van der Waals surface area contributed by atoms with Gasteiger partial charge in [-0.2, -0.15) is 0 Å². The monoisotopic (exact) mass is 272 g/mol. The van der Waals surface area contributed by atoms with Gasteiger partial charge in [0, 0.05) is 19.5 Å². The van der Waals surface area contributed by atoms with Crippen molar-refractivity contribution in [2.45, 2.75) is 11.3 Å². The van der Waals surface area contributed by atoms with Crippen LogP contribution in [0.5, 0.6) is 0 Å². The van der Waals surface area contributed by atoms with Crippen molar-refractivity contribution in [3.63, 3.8) is 0 Å². The molecule has 0 unspecified atom stereocenters. The molecule has 18 heavy (non-hydrogen) atoms. The van der Waals surface area contributed by atoms with Crippen molar-refractivity contribution >= 4 is 15.9 Å². The normalized spacial score (nSPS) is 11.2.